The van der Waals surface area contributed by atoms with Gasteiger partial charge in [0.2, 0.25) is 0 Å². The van der Waals surface area contributed by atoms with E-state index in [1.165, 1.54) is 37.1 Å². The largest absolute Gasteiger partial charge is 0.496 e. The van der Waals surface area contributed by atoms with Crippen LogP contribution in [0.5, 0.6) is 5.75 Å². The highest BCUT2D eigenvalue weighted by molar-refractivity contribution is 7.99. The minimum Gasteiger partial charge on any atom is -0.496 e. The summed E-state index contributed by atoms with van der Waals surface area (Å²) in [5.74, 6) is 0.403. The molecule has 11 nitrogen and oxygen atoms in total. The normalized spacial score (nSPS) is 15.9. The van der Waals surface area contributed by atoms with Crippen molar-refractivity contribution in [1.82, 2.24) is 14.9 Å². The molecule has 0 aliphatic carbocycles. The van der Waals surface area contributed by atoms with Crippen LogP contribution in [-0.2, 0) is 0 Å². The maximum atomic E-state index is 12.1. The van der Waals surface area contributed by atoms with Crippen LogP contribution >= 0.6 is 24.0 Å². The maximum Gasteiger partial charge on any atom is 0.296 e. The van der Waals surface area contributed by atoms with Crippen LogP contribution in [0.25, 0.3) is 5.69 Å². The second kappa shape index (κ2) is 12.6. The van der Waals surface area contributed by atoms with E-state index in [4.69, 9.17) is 17.0 Å². The van der Waals surface area contributed by atoms with Crippen molar-refractivity contribution in [2.45, 2.75) is 35.7 Å². The topological polar surface area (TPSA) is 129 Å². The van der Waals surface area contributed by atoms with Crippen LogP contribution in [-0.4, -0.2) is 31.6 Å². The van der Waals surface area contributed by atoms with Gasteiger partial charge < -0.3 is 19.5 Å². The molecule has 13 heteroatoms. The van der Waals surface area contributed by atoms with E-state index in [1.54, 1.807) is 30.5 Å². The summed E-state index contributed by atoms with van der Waals surface area (Å²) < 4.78 is 7.15. The molecule has 0 radical (unpaired) electrons. The van der Waals surface area contributed by atoms with Gasteiger partial charge in [0.15, 0.2) is 5.11 Å². The molecule has 0 saturated carbocycles. The number of nitrogens with zero attached hydrogens (tertiary/aromatic N) is 5. The number of nitro groups is 2. The molecule has 46 heavy (non-hydrogen) atoms. The Morgan fingerprint density at radius 3 is 2.22 bits per heavy atom. The van der Waals surface area contributed by atoms with E-state index in [0.29, 0.717) is 16.5 Å². The average Bonchev–Trinajstić information content (AvgIpc) is 3.56. The predicted octanol–water partition coefficient (Wildman–Crippen LogP) is 7.64. The van der Waals surface area contributed by atoms with Gasteiger partial charge in [0, 0.05) is 45.2 Å². The molecular weight excluding hydrogens is 625 g/mol. The first-order valence-electron chi connectivity index (χ1n) is 14.2. The number of benzene rings is 3. The first kappa shape index (κ1) is 30.7. The van der Waals surface area contributed by atoms with E-state index >= 15 is 0 Å². The number of anilines is 1. The zero-order valence-corrected chi connectivity index (χ0v) is 26.6. The Bertz CT molecular complexity index is 1950. The minimum atomic E-state index is -0.416. The van der Waals surface area contributed by atoms with Crippen LogP contribution in [0.15, 0.2) is 107 Å². The standard InChI is InChI=1S/C33H28N6O5S2/c1-20-18-27(21(2)36(20)29-16-11-24(44-3)19-30(29)39(42)43)32-31(28-6-4-5-17-34-28)35-33(45)37(32)22-7-12-25(13-8-22)46-26-14-9-23(10-15-26)38(40)41/h4-19,31-32H,1-3H3,(H,35,45)/t31-,32-/m1/s1. The molecule has 3 heterocycles. The van der Waals surface area contributed by atoms with Crippen LogP contribution in [0.2, 0.25) is 0 Å². The van der Waals surface area contributed by atoms with Crippen molar-refractivity contribution in [3.05, 3.63) is 140 Å². The summed E-state index contributed by atoms with van der Waals surface area (Å²) in [4.78, 5) is 30.9. The minimum absolute atomic E-state index is 0.0456. The lowest BCUT2D eigenvalue weighted by Gasteiger charge is -2.28. The van der Waals surface area contributed by atoms with Crippen molar-refractivity contribution in [2.24, 2.45) is 0 Å². The summed E-state index contributed by atoms with van der Waals surface area (Å²) in [7, 11) is 1.48. The van der Waals surface area contributed by atoms with E-state index in [0.717, 1.165) is 38.1 Å². The molecule has 0 spiro atoms. The highest BCUT2D eigenvalue weighted by atomic mass is 32.2. The van der Waals surface area contributed by atoms with Crippen molar-refractivity contribution < 1.29 is 14.6 Å². The highest BCUT2D eigenvalue weighted by Gasteiger charge is 2.42. The maximum absolute atomic E-state index is 12.1. The van der Waals surface area contributed by atoms with Gasteiger partial charge in [-0.15, -0.1) is 0 Å². The molecule has 1 saturated heterocycles. The Morgan fingerprint density at radius 1 is 0.913 bits per heavy atom. The molecule has 232 valence electrons. The number of nitro benzene ring substituents is 2. The summed E-state index contributed by atoms with van der Waals surface area (Å²) in [6.45, 7) is 3.88. The third-order valence-corrected chi connectivity index (χ3v) is 9.24. The number of methoxy groups -OCH3 is 1. The molecule has 0 bridgehead atoms. The van der Waals surface area contributed by atoms with Gasteiger partial charge in [0.25, 0.3) is 11.4 Å². The Kier molecular flexibility index (Phi) is 8.43. The Hall–Kier alpha value is -5.27. The lowest BCUT2D eigenvalue weighted by Crippen LogP contribution is -2.29. The van der Waals surface area contributed by atoms with Crippen molar-refractivity contribution in [1.29, 1.82) is 0 Å². The fourth-order valence-corrected chi connectivity index (χ4v) is 6.98. The predicted molar refractivity (Wildman–Crippen MR) is 180 cm³/mol. The van der Waals surface area contributed by atoms with Crippen LogP contribution in [0, 0.1) is 34.1 Å². The lowest BCUT2D eigenvalue weighted by atomic mass is 9.96. The van der Waals surface area contributed by atoms with Crippen molar-refractivity contribution in [3.8, 4) is 11.4 Å². The second-order valence-electron chi connectivity index (χ2n) is 10.6. The lowest BCUT2D eigenvalue weighted by molar-refractivity contribution is -0.385. The molecule has 0 amide bonds. The van der Waals surface area contributed by atoms with Gasteiger partial charge in [-0.05, 0) is 98.4 Å². The molecule has 6 rings (SSSR count). The Labute approximate surface area is 274 Å². The average molecular weight is 653 g/mol. The summed E-state index contributed by atoms with van der Waals surface area (Å²) >= 11 is 7.42. The monoisotopic (exact) mass is 652 g/mol. The molecule has 2 atom stereocenters. The first-order valence-corrected chi connectivity index (χ1v) is 15.4. The van der Waals surface area contributed by atoms with Gasteiger partial charge in [-0.3, -0.25) is 25.2 Å². The van der Waals surface area contributed by atoms with E-state index in [2.05, 4.69) is 15.2 Å². The van der Waals surface area contributed by atoms with Gasteiger partial charge in [0.05, 0.1) is 40.8 Å². The van der Waals surface area contributed by atoms with E-state index in [-0.39, 0.29) is 23.5 Å². The number of ether oxygens (including phenoxy) is 1. The van der Waals surface area contributed by atoms with E-state index in [1.807, 2.05) is 66.9 Å². The van der Waals surface area contributed by atoms with Gasteiger partial charge in [-0.25, -0.2) is 0 Å². The molecule has 2 aromatic heterocycles. The van der Waals surface area contributed by atoms with Gasteiger partial charge >= 0.3 is 0 Å². The van der Waals surface area contributed by atoms with Crippen LogP contribution in [0.1, 0.15) is 34.7 Å². The number of aromatic nitrogens is 2. The molecule has 3 aromatic carbocycles. The van der Waals surface area contributed by atoms with E-state index < -0.39 is 9.85 Å². The molecule has 0 unspecified atom stereocenters. The van der Waals surface area contributed by atoms with Crippen LogP contribution < -0.4 is 15.0 Å². The Balaban J connectivity index is 1.40. The molecule has 5 aromatic rings. The smallest absolute Gasteiger partial charge is 0.296 e. The summed E-state index contributed by atoms with van der Waals surface area (Å²) in [6.07, 6.45) is 1.74. The Morgan fingerprint density at radius 2 is 1.61 bits per heavy atom. The number of hydrogen-bond acceptors (Lipinski definition) is 8. The highest BCUT2D eigenvalue weighted by Crippen LogP contribution is 2.45. The number of rotatable bonds is 9. The SMILES string of the molecule is COc1ccc(-n2c(C)cc([C@@H]3[C@@H](c4ccccn4)NC(=S)N3c3ccc(Sc4ccc([N+](=O)[O-])cc4)cc3)c2C)c([N+](=O)[O-])c1. The fraction of sp³-hybridized carbons (Fsp3) is 0.152. The van der Waals surface area contributed by atoms with Gasteiger partial charge in [-0.2, -0.15) is 0 Å². The fourth-order valence-electron chi connectivity index (χ4n) is 5.82. The third kappa shape index (κ3) is 5.77. The number of nitrogens with one attached hydrogen (secondary N) is 1. The summed E-state index contributed by atoms with van der Waals surface area (Å²) in [5, 5.41) is 27.1. The third-order valence-electron chi connectivity index (χ3n) is 7.91. The summed E-state index contributed by atoms with van der Waals surface area (Å²) in [5.41, 5.74) is 4.68. The zero-order chi connectivity index (χ0) is 32.5. The molecular formula is C33H28N6O5S2. The second-order valence-corrected chi connectivity index (χ2v) is 12.2. The van der Waals surface area contributed by atoms with Crippen LogP contribution in [0.3, 0.4) is 0 Å². The number of thiocarbonyl (C=S) groups is 1. The summed E-state index contributed by atoms with van der Waals surface area (Å²) in [6, 6.07) is 26.4. The first-order chi connectivity index (χ1) is 22.2. The number of pyridine rings is 1. The van der Waals surface area contributed by atoms with Crippen molar-refractivity contribution in [2.75, 3.05) is 12.0 Å². The molecule has 1 aliphatic heterocycles. The molecule has 1 fully saturated rings. The molecule has 1 aliphatic rings. The van der Waals surface area contributed by atoms with Gasteiger partial charge in [-0.1, -0.05) is 17.8 Å². The van der Waals surface area contributed by atoms with Gasteiger partial charge in [0.1, 0.15) is 11.4 Å². The quantitative estimate of drug-likeness (QED) is 0.0963. The van der Waals surface area contributed by atoms with Crippen molar-refractivity contribution in [3.63, 3.8) is 0 Å². The zero-order valence-electron chi connectivity index (χ0n) is 25.0. The van der Waals surface area contributed by atoms with Crippen molar-refractivity contribution >= 4 is 46.2 Å². The molecule has 1 N–H and O–H groups in total. The van der Waals surface area contributed by atoms with E-state index in [9.17, 15) is 20.2 Å². The number of hydrogen-bond donors (Lipinski definition) is 1. The number of non-ortho nitro benzene ring substituents is 1. The van der Waals surface area contributed by atoms with Crippen LogP contribution in [0.4, 0.5) is 17.1 Å². The number of aryl methyl sites for hydroxylation is 1.